The summed E-state index contributed by atoms with van der Waals surface area (Å²) < 4.78 is 13.8. The van der Waals surface area contributed by atoms with Crippen molar-refractivity contribution < 1.29 is 4.39 Å². The normalized spacial score (nSPS) is 12.4. The molecule has 1 atom stereocenters. The van der Waals surface area contributed by atoms with Crippen molar-refractivity contribution in [1.82, 2.24) is 5.32 Å². The molecule has 94 valence electrons. The molecule has 1 aromatic rings. The molecule has 1 rings (SSSR count). The molecule has 0 bridgehead atoms. The van der Waals surface area contributed by atoms with E-state index in [-0.39, 0.29) is 11.9 Å². The second kappa shape index (κ2) is 7.46. The molecule has 0 aliphatic heterocycles. The zero-order valence-electron chi connectivity index (χ0n) is 10.2. The lowest BCUT2D eigenvalue weighted by molar-refractivity contribution is 0.477. The zero-order valence-corrected chi connectivity index (χ0v) is 10.9. The number of rotatable bonds is 7. The molecule has 0 fully saturated rings. The van der Waals surface area contributed by atoms with Crippen molar-refractivity contribution in [3.05, 3.63) is 47.3 Å². The van der Waals surface area contributed by atoms with Crippen LogP contribution in [0, 0.1) is 5.82 Å². The van der Waals surface area contributed by atoms with Gasteiger partial charge in [0, 0.05) is 16.6 Å². The third-order valence-electron chi connectivity index (χ3n) is 2.65. The fourth-order valence-corrected chi connectivity index (χ4v) is 2.09. The van der Waals surface area contributed by atoms with Crippen LogP contribution in [0.3, 0.4) is 0 Å². The highest BCUT2D eigenvalue weighted by Crippen LogP contribution is 2.28. The first-order valence-corrected chi connectivity index (χ1v) is 6.36. The van der Waals surface area contributed by atoms with Gasteiger partial charge >= 0.3 is 0 Å². The number of nitrogens with one attached hydrogen (secondary N) is 1. The molecule has 3 heteroatoms. The van der Waals surface area contributed by atoms with Crippen LogP contribution in [-0.2, 0) is 0 Å². The Kier molecular flexibility index (Phi) is 6.23. The number of halogens is 2. The first-order valence-electron chi connectivity index (χ1n) is 5.98. The summed E-state index contributed by atoms with van der Waals surface area (Å²) in [7, 11) is 0. The van der Waals surface area contributed by atoms with Crippen LogP contribution in [0.25, 0.3) is 0 Å². The minimum Gasteiger partial charge on any atom is -0.310 e. The molecule has 1 nitrogen and oxygen atoms in total. The highest BCUT2D eigenvalue weighted by molar-refractivity contribution is 6.31. The molecule has 17 heavy (non-hydrogen) atoms. The lowest BCUT2D eigenvalue weighted by atomic mass is 10.0. The summed E-state index contributed by atoms with van der Waals surface area (Å²) in [5.74, 6) is -0.241. The summed E-state index contributed by atoms with van der Waals surface area (Å²) >= 11 is 6.08. The molecule has 0 saturated carbocycles. The molecule has 0 aromatic heterocycles. The molecule has 0 amide bonds. The van der Waals surface area contributed by atoms with Gasteiger partial charge in [0.15, 0.2) is 0 Å². The van der Waals surface area contributed by atoms with E-state index < -0.39 is 0 Å². The van der Waals surface area contributed by atoms with Crippen molar-refractivity contribution in [2.45, 2.75) is 32.2 Å². The molecule has 0 radical (unpaired) electrons. The van der Waals surface area contributed by atoms with Gasteiger partial charge in [0.1, 0.15) is 5.82 Å². The summed E-state index contributed by atoms with van der Waals surface area (Å²) in [6, 6.07) is 4.78. The van der Waals surface area contributed by atoms with Crippen molar-refractivity contribution in [3.8, 4) is 0 Å². The fraction of sp³-hybridized carbons (Fsp3) is 0.429. The van der Waals surface area contributed by atoms with Gasteiger partial charge in [0.25, 0.3) is 0 Å². The maximum absolute atomic E-state index is 13.8. The predicted octanol–water partition coefficient (Wildman–Crippen LogP) is 4.49. The average Bonchev–Trinajstić information content (AvgIpc) is 2.31. The Bertz CT molecular complexity index is 345. The third-order valence-corrected chi connectivity index (χ3v) is 2.98. The summed E-state index contributed by atoms with van der Waals surface area (Å²) in [6.45, 7) is 6.63. The first-order chi connectivity index (χ1) is 8.20. The molecular formula is C14H19ClFN. The van der Waals surface area contributed by atoms with Crippen LogP contribution in [0.4, 0.5) is 4.39 Å². The molecule has 1 N–H and O–H groups in total. The molecule has 0 saturated heterocycles. The number of benzene rings is 1. The van der Waals surface area contributed by atoms with E-state index >= 15 is 0 Å². The average molecular weight is 256 g/mol. The van der Waals surface area contributed by atoms with Crippen LogP contribution in [0.15, 0.2) is 30.9 Å². The van der Waals surface area contributed by atoms with Crippen molar-refractivity contribution >= 4 is 11.6 Å². The van der Waals surface area contributed by atoms with Crippen molar-refractivity contribution in [2.24, 2.45) is 0 Å². The van der Waals surface area contributed by atoms with Crippen molar-refractivity contribution in [1.29, 1.82) is 0 Å². The van der Waals surface area contributed by atoms with Crippen molar-refractivity contribution in [2.75, 3.05) is 6.54 Å². The van der Waals surface area contributed by atoms with Crippen LogP contribution < -0.4 is 5.32 Å². The Hall–Kier alpha value is -0.860. The summed E-state index contributed by atoms with van der Waals surface area (Å²) in [6.07, 6.45) is 4.50. The van der Waals surface area contributed by atoms with Crippen LogP contribution in [-0.4, -0.2) is 6.54 Å². The van der Waals surface area contributed by atoms with Gasteiger partial charge in [-0.2, -0.15) is 0 Å². The second-order valence-corrected chi connectivity index (χ2v) is 4.42. The third kappa shape index (κ3) is 4.14. The van der Waals surface area contributed by atoms with Crippen LogP contribution in [0.1, 0.15) is 37.8 Å². The van der Waals surface area contributed by atoms with Gasteiger partial charge in [0.05, 0.1) is 0 Å². The lowest BCUT2D eigenvalue weighted by Crippen LogP contribution is -2.23. The van der Waals surface area contributed by atoms with E-state index in [1.165, 1.54) is 6.07 Å². The van der Waals surface area contributed by atoms with Gasteiger partial charge in [-0.05, 0) is 37.9 Å². The van der Waals surface area contributed by atoms with E-state index in [2.05, 4.69) is 18.8 Å². The van der Waals surface area contributed by atoms with E-state index in [1.54, 1.807) is 12.1 Å². The van der Waals surface area contributed by atoms with Gasteiger partial charge in [-0.3, -0.25) is 0 Å². The van der Waals surface area contributed by atoms with Crippen molar-refractivity contribution in [3.63, 3.8) is 0 Å². The summed E-state index contributed by atoms with van der Waals surface area (Å²) in [4.78, 5) is 0. The minimum absolute atomic E-state index is 0.0401. The van der Waals surface area contributed by atoms with Gasteiger partial charge in [-0.15, -0.1) is 6.58 Å². The maximum Gasteiger partial charge on any atom is 0.129 e. The Labute approximate surface area is 108 Å². The number of allylic oxidation sites excluding steroid dienone is 1. The van der Waals surface area contributed by atoms with E-state index in [1.807, 2.05) is 6.08 Å². The highest BCUT2D eigenvalue weighted by atomic mass is 35.5. The standard InChI is InChI=1S/C14H19ClFN/c1-3-5-9-13(17-10-4-2)14-11(15)7-6-8-12(14)16/h3,6-8,13,17H,1,4-5,9-10H2,2H3. The largest absolute Gasteiger partial charge is 0.310 e. The monoisotopic (exact) mass is 255 g/mol. The van der Waals surface area contributed by atoms with E-state index in [0.29, 0.717) is 10.6 Å². The topological polar surface area (TPSA) is 12.0 Å². The quantitative estimate of drug-likeness (QED) is 0.708. The van der Waals surface area contributed by atoms with Gasteiger partial charge in [-0.25, -0.2) is 4.39 Å². The zero-order chi connectivity index (χ0) is 12.7. The van der Waals surface area contributed by atoms with Crippen LogP contribution in [0.2, 0.25) is 5.02 Å². The number of hydrogen-bond donors (Lipinski definition) is 1. The summed E-state index contributed by atoms with van der Waals surface area (Å²) in [5.41, 5.74) is 0.574. The molecule has 1 aromatic carbocycles. The van der Waals surface area contributed by atoms with Gasteiger partial charge in [0.2, 0.25) is 0 Å². The Morgan fingerprint density at radius 2 is 2.29 bits per heavy atom. The van der Waals surface area contributed by atoms with E-state index in [0.717, 1.165) is 25.8 Å². The number of hydrogen-bond acceptors (Lipinski definition) is 1. The fourth-order valence-electron chi connectivity index (χ4n) is 1.80. The molecule has 0 aliphatic carbocycles. The first kappa shape index (κ1) is 14.2. The smallest absolute Gasteiger partial charge is 0.129 e. The predicted molar refractivity (Wildman–Crippen MR) is 71.9 cm³/mol. The highest BCUT2D eigenvalue weighted by Gasteiger charge is 2.17. The van der Waals surface area contributed by atoms with Crippen LogP contribution >= 0.6 is 11.6 Å². The van der Waals surface area contributed by atoms with E-state index in [9.17, 15) is 4.39 Å². The molecule has 0 spiro atoms. The van der Waals surface area contributed by atoms with Crippen LogP contribution in [0.5, 0.6) is 0 Å². The summed E-state index contributed by atoms with van der Waals surface area (Å²) in [5, 5.41) is 3.82. The molecule has 0 heterocycles. The maximum atomic E-state index is 13.8. The van der Waals surface area contributed by atoms with Gasteiger partial charge in [-0.1, -0.05) is 30.7 Å². The lowest BCUT2D eigenvalue weighted by Gasteiger charge is -2.20. The molecule has 0 aliphatic rings. The van der Waals surface area contributed by atoms with E-state index in [4.69, 9.17) is 11.6 Å². The molecular weight excluding hydrogens is 237 g/mol. The SMILES string of the molecule is C=CCCC(NCCC)c1c(F)cccc1Cl. The Morgan fingerprint density at radius 3 is 2.88 bits per heavy atom. The molecule has 1 unspecified atom stereocenters. The second-order valence-electron chi connectivity index (χ2n) is 4.01. The minimum atomic E-state index is -0.241. The van der Waals surface area contributed by atoms with Gasteiger partial charge < -0.3 is 5.32 Å². The Morgan fingerprint density at radius 1 is 1.53 bits per heavy atom. The Balaban J connectivity index is 2.90.